The number of furan rings is 1. The Hall–Kier alpha value is -3.92. The first-order valence-electron chi connectivity index (χ1n) is 10.1. The molecule has 3 aromatic heterocycles. The van der Waals surface area contributed by atoms with Gasteiger partial charge in [-0.3, -0.25) is 5.10 Å². The van der Waals surface area contributed by atoms with E-state index >= 15 is 0 Å². The second-order valence-electron chi connectivity index (χ2n) is 6.99. The Morgan fingerprint density at radius 2 is 1.81 bits per heavy atom. The molecule has 4 aromatic rings. The molecule has 158 valence electrons. The van der Waals surface area contributed by atoms with Crippen molar-refractivity contribution in [3.63, 3.8) is 0 Å². The lowest BCUT2D eigenvalue weighted by atomic mass is 10.2. The van der Waals surface area contributed by atoms with E-state index in [1.54, 1.807) is 6.26 Å². The minimum Gasteiger partial charge on any atom is -0.463 e. The summed E-state index contributed by atoms with van der Waals surface area (Å²) in [6, 6.07) is 15.6. The lowest BCUT2D eigenvalue weighted by Crippen LogP contribution is -2.37. The third-order valence-corrected chi connectivity index (χ3v) is 4.82. The molecule has 1 aromatic carbocycles. The van der Waals surface area contributed by atoms with Crippen LogP contribution in [0.1, 0.15) is 5.56 Å². The summed E-state index contributed by atoms with van der Waals surface area (Å²) in [5.41, 5.74) is 1.90. The van der Waals surface area contributed by atoms with Crippen molar-refractivity contribution in [2.24, 2.45) is 0 Å². The van der Waals surface area contributed by atoms with E-state index in [1.165, 1.54) is 0 Å². The molecule has 10 nitrogen and oxygen atoms in total. The van der Waals surface area contributed by atoms with E-state index in [2.05, 4.69) is 52.8 Å². The number of H-pyrrole nitrogens is 1. The Bertz CT molecular complexity index is 1110. The first kappa shape index (κ1) is 19.1. The summed E-state index contributed by atoms with van der Waals surface area (Å²) in [4.78, 5) is 15.8. The van der Waals surface area contributed by atoms with Crippen LogP contribution in [0.3, 0.4) is 0 Å². The van der Waals surface area contributed by atoms with Gasteiger partial charge < -0.3 is 24.7 Å². The maximum absolute atomic E-state index is 5.45. The van der Waals surface area contributed by atoms with Gasteiger partial charge in [0.25, 0.3) is 0 Å². The number of nitrogens with zero attached hydrogens (tertiary/aromatic N) is 5. The Morgan fingerprint density at radius 1 is 0.968 bits per heavy atom. The Morgan fingerprint density at radius 3 is 2.61 bits per heavy atom. The van der Waals surface area contributed by atoms with Crippen molar-refractivity contribution in [2.45, 2.75) is 6.54 Å². The summed E-state index contributed by atoms with van der Waals surface area (Å²) in [6.07, 6.45) is 1.62. The van der Waals surface area contributed by atoms with Crippen molar-refractivity contribution in [2.75, 3.05) is 41.8 Å². The molecular weight excluding hydrogens is 396 g/mol. The van der Waals surface area contributed by atoms with Gasteiger partial charge in [0.05, 0.1) is 19.5 Å². The maximum atomic E-state index is 5.45. The number of nitrogens with one attached hydrogen (secondary N) is 3. The molecule has 0 bridgehead atoms. The Labute approximate surface area is 178 Å². The van der Waals surface area contributed by atoms with Crippen LogP contribution in [0.5, 0.6) is 0 Å². The highest BCUT2D eigenvalue weighted by Gasteiger charge is 2.17. The van der Waals surface area contributed by atoms with E-state index < -0.39 is 0 Å². The van der Waals surface area contributed by atoms with Gasteiger partial charge in [-0.1, -0.05) is 30.3 Å². The first-order valence-corrected chi connectivity index (χ1v) is 10.1. The number of aromatic nitrogens is 5. The van der Waals surface area contributed by atoms with Gasteiger partial charge in [-0.05, 0) is 17.7 Å². The number of hydrogen-bond donors (Lipinski definition) is 3. The summed E-state index contributed by atoms with van der Waals surface area (Å²) in [5.74, 6) is 2.78. The Balaban J connectivity index is 1.38. The van der Waals surface area contributed by atoms with E-state index in [9.17, 15) is 0 Å². The van der Waals surface area contributed by atoms with Gasteiger partial charge in [0.15, 0.2) is 11.6 Å². The molecule has 0 amide bonds. The zero-order valence-corrected chi connectivity index (χ0v) is 16.8. The number of morpholine rings is 1. The molecule has 0 spiro atoms. The molecule has 0 unspecified atom stereocenters. The van der Waals surface area contributed by atoms with Gasteiger partial charge in [0, 0.05) is 25.7 Å². The van der Waals surface area contributed by atoms with Crippen molar-refractivity contribution in [1.82, 2.24) is 25.1 Å². The zero-order chi connectivity index (χ0) is 20.9. The molecule has 1 fully saturated rings. The number of rotatable bonds is 7. The van der Waals surface area contributed by atoms with Crippen molar-refractivity contribution in [1.29, 1.82) is 0 Å². The molecule has 1 saturated heterocycles. The first-order chi connectivity index (χ1) is 15.3. The van der Waals surface area contributed by atoms with Crippen LogP contribution in [-0.2, 0) is 11.3 Å². The second-order valence-corrected chi connectivity index (χ2v) is 6.99. The van der Waals surface area contributed by atoms with Gasteiger partial charge in [0.1, 0.15) is 5.69 Å². The van der Waals surface area contributed by atoms with Gasteiger partial charge in [-0.25, -0.2) is 0 Å². The third-order valence-electron chi connectivity index (χ3n) is 4.82. The minimum absolute atomic E-state index is 0.407. The summed E-state index contributed by atoms with van der Waals surface area (Å²) >= 11 is 0. The second kappa shape index (κ2) is 8.84. The number of aromatic amines is 1. The van der Waals surface area contributed by atoms with Gasteiger partial charge in [0.2, 0.25) is 17.8 Å². The summed E-state index contributed by atoms with van der Waals surface area (Å²) in [6.45, 7) is 3.36. The molecule has 0 atom stereocenters. The van der Waals surface area contributed by atoms with Crippen LogP contribution in [0.15, 0.2) is 59.2 Å². The molecular formula is C21H22N8O2. The molecule has 1 aliphatic heterocycles. The third kappa shape index (κ3) is 4.64. The fraction of sp³-hybridized carbons (Fsp3) is 0.238. The van der Waals surface area contributed by atoms with Gasteiger partial charge >= 0.3 is 0 Å². The molecule has 0 radical (unpaired) electrons. The lowest BCUT2D eigenvalue weighted by molar-refractivity contribution is 0.122. The van der Waals surface area contributed by atoms with E-state index in [0.717, 1.165) is 24.3 Å². The molecule has 4 heterocycles. The van der Waals surface area contributed by atoms with Gasteiger partial charge in [-0.15, -0.1) is 0 Å². The SMILES string of the molecule is c1ccc(CNc2nc(Nc3cc(-c4ccco4)[nH]n3)nc(N3CCOCC3)n2)cc1. The predicted octanol–water partition coefficient (Wildman–Crippen LogP) is 3.05. The fourth-order valence-corrected chi connectivity index (χ4v) is 3.24. The largest absolute Gasteiger partial charge is 0.463 e. The molecule has 0 saturated carbocycles. The summed E-state index contributed by atoms with van der Waals surface area (Å²) < 4.78 is 10.9. The van der Waals surface area contributed by atoms with Crippen LogP contribution < -0.4 is 15.5 Å². The Kier molecular flexibility index (Phi) is 5.44. The van der Waals surface area contributed by atoms with Crippen LogP contribution in [-0.4, -0.2) is 51.5 Å². The van der Waals surface area contributed by atoms with Crippen molar-refractivity contribution >= 4 is 23.7 Å². The topological polar surface area (TPSA) is 117 Å². The number of benzene rings is 1. The van der Waals surface area contributed by atoms with E-state index in [1.807, 2.05) is 36.4 Å². The highest BCUT2D eigenvalue weighted by molar-refractivity contribution is 5.60. The number of ether oxygens (including phenoxy) is 1. The summed E-state index contributed by atoms with van der Waals surface area (Å²) in [5, 5.41) is 13.7. The highest BCUT2D eigenvalue weighted by Crippen LogP contribution is 2.23. The average Bonchev–Trinajstić information content (AvgIpc) is 3.51. The van der Waals surface area contributed by atoms with Crippen molar-refractivity contribution in [3.05, 3.63) is 60.4 Å². The van der Waals surface area contributed by atoms with Crippen LogP contribution in [0.25, 0.3) is 11.5 Å². The number of anilines is 4. The average molecular weight is 418 g/mol. The van der Waals surface area contributed by atoms with Crippen LogP contribution in [0.2, 0.25) is 0 Å². The van der Waals surface area contributed by atoms with Crippen LogP contribution >= 0.6 is 0 Å². The van der Waals surface area contributed by atoms with Crippen LogP contribution in [0.4, 0.5) is 23.7 Å². The normalized spacial score (nSPS) is 13.9. The van der Waals surface area contributed by atoms with E-state index in [4.69, 9.17) is 9.15 Å². The quantitative estimate of drug-likeness (QED) is 0.416. The summed E-state index contributed by atoms with van der Waals surface area (Å²) in [7, 11) is 0. The molecule has 10 heteroatoms. The minimum atomic E-state index is 0.407. The van der Waals surface area contributed by atoms with Crippen molar-refractivity contribution < 1.29 is 9.15 Å². The predicted molar refractivity (Wildman–Crippen MR) is 116 cm³/mol. The van der Waals surface area contributed by atoms with E-state index in [0.29, 0.717) is 49.2 Å². The van der Waals surface area contributed by atoms with Crippen molar-refractivity contribution in [3.8, 4) is 11.5 Å². The lowest BCUT2D eigenvalue weighted by Gasteiger charge is -2.27. The zero-order valence-electron chi connectivity index (χ0n) is 16.8. The monoisotopic (exact) mass is 418 g/mol. The fourth-order valence-electron chi connectivity index (χ4n) is 3.24. The smallest absolute Gasteiger partial charge is 0.235 e. The molecule has 5 rings (SSSR count). The number of hydrogen-bond acceptors (Lipinski definition) is 9. The molecule has 3 N–H and O–H groups in total. The molecule has 31 heavy (non-hydrogen) atoms. The van der Waals surface area contributed by atoms with E-state index in [-0.39, 0.29) is 0 Å². The van der Waals surface area contributed by atoms with Gasteiger partial charge in [-0.2, -0.15) is 20.1 Å². The standard InChI is InChI=1S/C21H22N8O2/c1-2-5-15(6-3-1)14-22-19-24-20(26-21(25-19)29-8-11-30-12-9-29)23-18-13-16(27-28-18)17-7-4-10-31-17/h1-7,10,13H,8-9,11-12,14H2,(H3,22,23,24,25,26,27,28). The van der Waals surface area contributed by atoms with Crippen LogP contribution in [0, 0.1) is 0 Å². The molecule has 0 aliphatic carbocycles. The maximum Gasteiger partial charge on any atom is 0.235 e. The molecule has 1 aliphatic rings. The highest BCUT2D eigenvalue weighted by atomic mass is 16.5.